The van der Waals surface area contributed by atoms with E-state index in [4.69, 9.17) is 9.47 Å². The van der Waals surface area contributed by atoms with Gasteiger partial charge in [-0.2, -0.15) is 0 Å². The van der Waals surface area contributed by atoms with Crippen molar-refractivity contribution < 1.29 is 14.3 Å². The molecule has 3 heteroatoms. The fraction of sp³-hybridized carbons (Fsp3) is 0.952. The smallest absolute Gasteiger partial charge is 0.305 e. The van der Waals surface area contributed by atoms with E-state index in [1.165, 1.54) is 77.0 Å². The summed E-state index contributed by atoms with van der Waals surface area (Å²) in [5.74, 6) is -0.0155. The Hall–Kier alpha value is -0.570. The lowest BCUT2D eigenvalue weighted by atomic mass is 10.1. The van der Waals surface area contributed by atoms with Crippen LogP contribution in [0.4, 0.5) is 0 Å². The molecular formula is C21H40O3. The summed E-state index contributed by atoms with van der Waals surface area (Å²) in [6.45, 7) is 3.74. The van der Waals surface area contributed by atoms with E-state index in [0.29, 0.717) is 19.1 Å². The zero-order valence-electron chi connectivity index (χ0n) is 16.0. The molecule has 0 radical (unpaired) electrons. The Bertz CT molecular complexity index is 285. The Morgan fingerprint density at radius 1 is 0.917 bits per heavy atom. The molecule has 0 unspecified atom stereocenters. The molecule has 0 bridgehead atoms. The Balaban J connectivity index is 1.74. The van der Waals surface area contributed by atoms with Crippen LogP contribution in [-0.2, 0) is 14.3 Å². The van der Waals surface area contributed by atoms with Crippen molar-refractivity contribution in [3.05, 3.63) is 0 Å². The van der Waals surface area contributed by atoms with Crippen LogP contribution in [0.1, 0.15) is 110 Å². The van der Waals surface area contributed by atoms with Crippen molar-refractivity contribution in [1.29, 1.82) is 0 Å². The molecule has 0 aromatic rings. The standard InChI is InChI=1S/C21H40O3/c1-2-3-4-5-6-7-8-9-10-11-12-17-21(22)24-19-14-16-20-15-13-18-23-20/h20H,2-19H2,1H3/t20-/m1/s1. The second-order valence-electron chi connectivity index (χ2n) is 7.28. The predicted octanol–water partition coefficient (Wildman–Crippen LogP) is 6.19. The zero-order valence-corrected chi connectivity index (χ0v) is 16.0. The summed E-state index contributed by atoms with van der Waals surface area (Å²) in [5, 5.41) is 0. The van der Waals surface area contributed by atoms with Crippen LogP contribution in [0.5, 0.6) is 0 Å². The van der Waals surface area contributed by atoms with Gasteiger partial charge in [-0.1, -0.05) is 71.1 Å². The highest BCUT2D eigenvalue weighted by atomic mass is 16.5. The highest BCUT2D eigenvalue weighted by Gasteiger charge is 2.14. The summed E-state index contributed by atoms with van der Waals surface area (Å²) in [4.78, 5) is 11.6. The summed E-state index contributed by atoms with van der Waals surface area (Å²) < 4.78 is 10.9. The van der Waals surface area contributed by atoms with Crippen LogP contribution in [0.15, 0.2) is 0 Å². The second-order valence-corrected chi connectivity index (χ2v) is 7.28. The second kappa shape index (κ2) is 15.9. The lowest BCUT2D eigenvalue weighted by molar-refractivity contribution is -0.144. The van der Waals surface area contributed by atoms with Crippen LogP contribution in [0, 0.1) is 0 Å². The number of carbonyl (C=O) groups is 1. The minimum Gasteiger partial charge on any atom is -0.466 e. The van der Waals surface area contributed by atoms with E-state index in [1.807, 2.05) is 0 Å². The first-order chi connectivity index (χ1) is 11.8. The number of carbonyl (C=O) groups excluding carboxylic acids is 1. The quantitative estimate of drug-likeness (QED) is 0.248. The fourth-order valence-electron chi connectivity index (χ4n) is 3.37. The van der Waals surface area contributed by atoms with Gasteiger partial charge >= 0.3 is 5.97 Å². The molecule has 0 spiro atoms. The van der Waals surface area contributed by atoms with E-state index >= 15 is 0 Å². The highest BCUT2D eigenvalue weighted by molar-refractivity contribution is 5.69. The third kappa shape index (κ3) is 12.8. The Labute approximate surface area is 149 Å². The first-order valence-corrected chi connectivity index (χ1v) is 10.6. The first-order valence-electron chi connectivity index (χ1n) is 10.6. The Morgan fingerprint density at radius 3 is 2.12 bits per heavy atom. The molecular weight excluding hydrogens is 300 g/mol. The van der Waals surface area contributed by atoms with Crippen LogP contribution in [0.2, 0.25) is 0 Å². The van der Waals surface area contributed by atoms with E-state index < -0.39 is 0 Å². The maximum atomic E-state index is 11.6. The van der Waals surface area contributed by atoms with Gasteiger partial charge < -0.3 is 9.47 Å². The maximum absolute atomic E-state index is 11.6. The molecule has 1 saturated heterocycles. The van der Waals surface area contributed by atoms with Crippen LogP contribution in [-0.4, -0.2) is 25.3 Å². The van der Waals surface area contributed by atoms with Gasteiger partial charge in [0.05, 0.1) is 12.7 Å². The van der Waals surface area contributed by atoms with Gasteiger partial charge in [-0.3, -0.25) is 4.79 Å². The number of ether oxygens (including phenoxy) is 2. The van der Waals surface area contributed by atoms with E-state index in [9.17, 15) is 4.79 Å². The van der Waals surface area contributed by atoms with Crippen LogP contribution in [0.25, 0.3) is 0 Å². The lowest BCUT2D eigenvalue weighted by Crippen LogP contribution is -2.09. The molecule has 1 heterocycles. The minimum atomic E-state index is -0.0155. The third-order valence-electron chi connectivity index (χ3n) is 4.94. The molecule has 0 aromatic heterocycles. The molecule has 0 amide bonds. The fourth-order valence-corrected chi connectivity index (χ4v) is 3.37. The van der Waals surface area contributed by atoms with E-state index in [-0.39, 0.29) is 5.97 Å². The van der Waals surface area contributed by atoms with Crippen LogP contribution < -0.4 is 0 Å². The molecule has 1 aliphatic heterocycles. The summed E-state index contributed by atoms with van der Waals surface area (Å²) in [6.07, 6.45) is 19.8. The first kappa shape index (κ1) is 21.5. The van der Waals surface area contributed by atoms with E-state index in [2.05, 4.69) is 6.92 Å². The zero-order chi connectivity index (χ0) is 17.3. The molecule has 0 N–H and O–H groups in total. The normalized spacial score (nSPS) is 17.3. The van der Waals surface area contributed by atoms with E-state index in [1.54, 1.807) is 0 Å². The Kier molecular flexibility index (Phi) is 14.3. The summed E-state index contributed by atoms with van der Waals surface area (Å²) in [5.41, 5.74) is 0. The largest absolute Gasteiger partial charge is 0.466 e. The molecule has 1 aliphatic rings. The molecule has 24 heavy (non-hydrogen) atoms. The molecule has 0 aromatic carbocycles. The van der Waals surface area contributed by atoms with Crippen molar-refractivity contribution in [2.45, 2.75) is 116 Å². The van der Waals surface area contributed by atoms with Gasteiger partial charge in [-0.05, 0) is 32.1 Å². The van der Waals surface area contributed by atoms with Crippen molar-refractivity contribution >= 4 is 5.97 Å². The van der Waals surface area contributed by atoms with Crippen molar-refractivity contribution in [3.63, 3.8) is 0 Å². The van der Waals surface area contributed by atoms with Crippen molar-refractivity contribution in [3.8, 4) is 0 Å². The van der Waals surface area contributed by atoms with Crippen LogP contribution >= 0.6 is 0 Å². The molecule has 1 fully saturated rings. The van der Waals surface area contributed by atoms with Gasteiger partial charge in [0.15, 0.2) is 0 Å². The average Bonchev–Trinajstić information content (AvgIpc) is 3.10. The van der Waals surface area contributed by atoms with Crippen LogP contribution in [0.3, 0.4) is 0 Å². The van der Waals surface area contributed by atoms with Gasteiger partial charge in [-0.15, -0.1) is 0 Å². The average molecular weight is 341 g/mol. The highest BCUT2D eigenvalue weighted by Crippen LogP contribution is 2.17. The Morgan fingerprint density at radius 2 is 1.54 bits per heavy atom. The SMILES string of the molecule is CCCCCCCCCCCCCC(=O)OCCC[C@H]1CCCO1. The molecule has 0 aliphatic carbocycles. The molecule has 142 valence electrons. The monoisotopic (exact) mass is 340 g/mol. The number of unbranched alkanes of at least 4 members (excludes halogenated alkanes) is 10. The van der Waals surface area contributed by atoms with Crippen molar-refractivity contribution in [2.24, 2.45) is 0 Å². The van der Waals surface area contributed by atoms with Crippen molar-refractivity contribution in [2.75, 3.05) is 13.2 Å². The van der Waals surface area contributed by atoms with Gasteiger partial charge in [0.2, 0.25) is 0 Å². The summed E-state index contributed by atoms with van der Waals surface area (Å²) >= 11 is 0. The minimum absolute atomic E-state index is 0.0155. The van der Waals surface area contributed by atoms with Gasteiger partial charge in [0, 0.05) is 13.0 Å². The number of hydrogen-bond donors (Lipinski definition) is 0. The molecule has 3 nitrogen and oxygen atoms in total. The lowest BCUT2D eigenvalue weighted by Gasteiger charge is -2.09. The van der Waals surface area contributed by atoms with Gasteiger partial charge in [0.1, 0.15) is 0 Å². The number of esters is 1. The third-order valence-corrected chi connectivity index (χ3v) is 4.94. The van der Waals surface area contributed by atoms with E-state index in [0.717, 1.165) is 25.9 Å². The predicted molar refractivity (Wildman–Crippen MR) is 100 cm³/mol. The van der Waals surface area contributed by atoms with Crippen molar-refractivity contribution in [1.82, 2.24) is 0 Å². The summed E-state index contributed by atoms with van der Waals surface area (Å²) in [6, 6.07) is 0. The molecule has 1 atom stereocenters. The number of rotatable bonds is 16. The summed E-state index contributed by atoms with van der Waals surface area (Å²) in [7, 11) is 0. The maximum Gasteiger partial charge on any atom is 0.305 e. The number of hydrogen-bond acceptors (Lipinski definition) is 3. The van der Waals surface area contributed by atoms with Gasteiger partial charge in [-0.25, -0.2) is 0 Å². The van der Waals surface area contributed by atoms with Gasteiger partial charge in [0.25, 0.3) is 0 Å². The topological polar surface area (TPSA) is 35.5 Å². The molecule has 1 rings (SSSR count). The molecule has 0 saturated carbocycles.